The molecule has 0 heterocycles. The molecule has 2 atom stereocenters. The monoisotopic (exact) mass is 158 g/mol. The molecule has 0 saturated heterocycles. The molecule has 11 heavy (non-hydrogen) atoms. The van der Waals surface area contributed by atoms with E-state index >= 15 is 0 Å². The highest BCUT2D eigenvalue weighted by Gasteiger charge is 2.29. The average molecular weight is 158 g/mol. The summed E-state index contributed by atoms with van der Waals surface area (Å²) >= 11 is 0. The summed E-state index contributed by atoms with van der Waals surface area (Å²) in [7, 11) is 0. The van der Waals surface area contributed by atoms with Crippen LogP contribution in [-0.4, -0.2) is 11.2 Å². The maximum atomic E-state index is 10.9. The Morgan fingerprint density at radius 3 is 2.64 bits per heavy atom. The molecule has 0 aliphatic heterocycles. The second kappa shape index (κ2) is 3.72. The van der Waals surface area contributed by atoms with E-state index in [0.717, 1.165) is 19.3 Å². The molecule has 0 aromatic rings. The van der Waals surface area contributed by atoms with E-state index in [0.29, 0.717) is 5.92 Å². The first-order chi connectivity index (χ1) is 5.25. The lowest BCUT2D eigenvalue weighted by molar-refractivity contribution is -0.241. The lowest BCUT2D eigenvalue weighted by Gasteiger charge is -2.25. The van der Waals surface area contributed by atoms with Crippen molar-refractivity contribution < 1.29 is 14.9 Å². The van der Waals surface area contributed by atoms with E-state index in [2.05, 4.69) is 4.89 Å². The Morgan fingerprint density at radius 1 is 1.45 bits per heavy atom. The van der Waals surface area contributed by atoms with Gasteiger partial charge in [0.2, 0.25) is 0 Å². The summed E-state index contributed by atoms with van der Waals surface area (Å²) in [6.45, 7) is 2.03. The Hall–Kier alpha value is -0.570. The summed E-state index contributed by atoms with van der Waals surface area (Å²) in [5.74, 6) is -0.172. The zero-order chi connectivity index (χ0) is 8.27. The van der Waals surface area contributed by atoms with E-state index in [4.69, 9.17) is 5.26 Å². The zero-order valence-electron chi connectivity index (χ0n) is 6.75. The van der Waals surface area contributed by atoms with E-state index < -0.39 is 5.97 Å². The summed E-state index contributed by atoms with van der Waals surface area (Å²) in [4.78, 5) is 14.6. The normalized spacial score (nSPS) is 31.5. The van der Waals surface area contributed by atoms with E-state index in [1.54, 1.807) is 0 Å². The predicted molar refractivity (Wildman–Crippen MR) is 39.8 cm³/mol. The highest BCUT2D eigenvalue weighted by atomic mass is 17.1. The highest BCUT2D eigenvalue weighted by molar-refractivity contribution is 5.72. The molecule has 1 rings (SSSR count). The summed E-state index contributed by atoms with van der Waals surface area (Å²) in [6.07, 6.45) is 4.20. The van der Waals surface area contributed by atoms with Gasteiger partial charge in [-0.05, 0) is 18.8 Å². The van der Waals surface area contributed by atoms with Crippen molar-refractivity contribution in [2.45, 2.75) is 32.6 Å². The first-order valence-electron chi connectivity index (χ1n) is 4.11. The van der Waals surface area contributed by atoms with Gasteiger partial charge in [-0.25, -0.2) is 4.79 Å². The molecule has 1 saturated carbocycles. The van der Waals surface area contributed by atoms with Gasteiger partial charge in [0, 0.05) is 0 Å². The topological polar surface area (TPSA) is 46.5 Å². The number of hydrogen-bond donors (Lipinski definition) is 1. The second-order valence-corrected chi connectivity index (χ2v) is 3.28. The van der Waals surface area contributed by atoms with Gasteiger partial charge in [-0.1, -0.05) is 19.8 Å². The van der Waals surface area contributed by atoms with Gasteiger partial charge in [0.15, 0.2) is 0 Å². The van der Waals surface area contributed by atoms with Crippen LogP contribution in [0.1, 0.15) is 32.6 Å². The molecule has 64 valence electrons. The van der Waals surface area contributed by atoms with E-state index in [1.165, 1.54) is 6.42 Å². The fourth-order valence-corrected chi connectivity index (χ4v) is 1.73. The average Bonchev–Trinajstić information content (AvgIpc) is 2.04. The zero-order valence-corrected chi connectivity index (χ0v) is 6.75. The van der Waals surface area contributed by atoms with Gasteiger partial charge in [-0.2, -0.15) is 5.26 Å². The molecule has 1 aliphatic carbocycles. The molecular weight excluding hydrogens is 144 g/mol. The number of rotatable bonds is 1. The van der Waals surface area contributed by atoms with Crippen molar-refractivity contribution in [3.05, 3.63) is 0 Å². The van der Waals surface area contributed by atoms with Crippen molar-refractivity contribution >= 4 is 5.97 Å². The number of hydrogen-bond acceptors (Lipinski definition) is 3. The molecule has 0 aromatic heterocycles. The van der Waals surface area contributed by atoms with Crippen molar-refractivity contribution in [2.24, 2.45) is 11.8 Å². The van der Waals surface area contributed by atoms with Crippen LogP contribution in [0.4, 0.5) is 0 Å². The third-order valence-electron chi connectivity index (χ3n) is 2.50. The lowest BCUT2D eigenvalue weighted by atomic mass is 9.81. The summed E-state index contributed by atoms with van der Waals surface area (Å²) in [5, 5.41) is 8.16. The molecule has 0 aromatic carbocycles. The molecule has 1 aliphatic rings. The maximum Gasteiger partial charge on any atom is 0.345 e. The Kier molecular flexibility index (Phi) is 2.88. The quantitative estimate of drug-likeness (QED) is 0.467. The smallest absolute Gasteiger partial charge is 0.301 e. The van der Waals surface area contributed by atoms with Crippen LogP contribution in [0.25, 0.3) is 0 Å². The predicted octanol–water partition coefficient (Wildman–Crippen LogP) is 1.83. The van der Waals surface area contributed by atoms with Crippen LogP contribution in [0.15, 0.2) is 0 Å². The third-order valence-corrected chi connectivity index (χ3v) is 2.50. The van der Waals surface area contributed by atoms with Crippen molar-refractivity contribution in [3.63, 3.8) is 0 Å². The molecule has 0 spiro atoms. The SMILES string of the molecule is C[C@@H]1CCCC[C@H]1C(=O)OO. The molecule has 3 nitrogen and oxygen atoms in total. The lowest BCUT2D eigenvalue weighted by Crippen LogP contribution is -2.26. The van der Waals surface area contributed by atoms with Gasteiger partial charge in [0.1, 0.15) is 0 Å². The molecule has 1 fully saturated rings. The summed E-state index contributed by atoms with van der Waals surface area (Å²) in [5.41, 5.74) is 0. The molecule has 0 radical (unpaired) electrons. The molecule has 0 bridgehead atoms. The Labute approximate surface area is 66.3 Å². The van der Waals surface area contributed by atoms with Crippen molar-refractivity contribution in [3.8, 4) is 0 Å². The first-order valence-corrected chi connectivity index (χ1v) is 4.11. The van der Waals surface area contributed by atoms with Crippen LogP contribution in [0.5, 0.6) is 0 Å². The van der Waals surface area contributed by atoms with Crippen LogP contribution in [0.3, 0.4) is 0 Å². The highest BCUT2D eigenvalue weighted by Crippen LogP contribution is 2.29. The largest absolute Gasteiger partial charge is 0.345 e. The third kappa shape index (κ3) is 1.93. The van der Waals surface area contributed by atoms with Gasteiger partial charge >= 0.3 is 5.97 Å². The summed E-state index contributed by atoms with van der Waals surface area (Å²) in [6, 6.07) is 0. The maximum absolute atomic E-state index is 10.9. The van der Waals surface area contributed by atoms with Crippen LogP contribution < -0.4 is 0 Å². The van der Waals surface area contributed by atoms with Crippen molar-refractivity contribution in [1.29, 1.82) is 0 Å². The van der Waals surface area contributed by atoms with E-state index in [9.17, 15) is 4.79 Å². The van der Waals surface area contributed by atoms with Gasteiger partial charge < -0.3 is 4.89 Å². The van der Waals surface area contributed by atoms with E-state index in [1.807, 2.05) is 6.92 Å². The van der Waals surface area contributed by atoms with Crippen LogP contribution in [0, 0.1) is 11.8 Å². The minimum absolute atomic E-state index is 0.0752. The van der Waals surface area contributed by atoms with Gasteiger partial charge in [-0.15, -0.1) is 0 Å². The minimum Gasteiger partial charge on any atom is -0.301 e. The fourth-order valence-electron chi connectivity index (χ4n) is 1.73. The molecule has 0 unspecified atom stereocenters. The van der Waals surface area contributed by atoms with E-state index in [-0.39, 0.29) is 5.92 Å². The molecule has 3 heteroatoms. The van der Waals surface area contributed by atoms with Gasteiger partial charge in [-0.3, -0.25) is 0 Å². The first kappa shape index (κ1) is 8.53. The summed E-state index contributed by atoms with van der Waals surface area (Å²) < 4.78 is 0. The molecular formula is C8H14O3. The standard InChI is InChI=1S/C8H14O3/c1-6-4-2-3-5-7(6)8(9)11-10/h6-7,10H,2-5H2,1H3/t6-,7-/m1/s1. The van der Waals surface area contributed by atoms with Crippen LogP contribution in [0.2, 0.25) is 0 Å². The van der Waals surface area contributed by atoms with Crippen LogP contribution >= 0.6 is 0 Å². The Morgan fingerprint density at radius 2 is 2.09 bits per heavy atom. The van der Waals surface area contributed by atoms with Crippen LogP contribution in [-0.2, 0) is 9.68 Å². The fraction of sp³-hybridized carbons (Fsp3) is 0.875. The number of carbonyl (C=O) groups is 1. The number of carbonyl (C=O) groups excluding carboxylic acids is 1. The Bertz CT molecular complexity index is 144. The Balaban J connectivity index is 2.47. The minimum atomic E-state index is -0.461. The second-order valence-electron chi connectivity index (χ2n) is 3.28. The van der Waals surface area contributed by atoms with Crippen molar-refractivity contribution in [2.75, 3.05) is 0 Å². The van der Waals surface area contributed by atoms with Crippen molar-refractivity contribution in [1.82, 2.24) is 0 Å². The molecule has 1 N–H and O–H groups in total. The van der Waals surface area contributed by atoms with Gasteiger partial charge in [0.05, 0.1) is 5.92 Å². The van der Waals surface area contributed by atoms with Gasteiger partial charge in [0.25, 0.3) is 0 Å². The molecule has 0 amide bonds.